The average Bonchev–Trinajstić information content (AvgIpc) is 2.76. The van der Waals surface area contributed by atoms with Crippen molar-refractivity contribution in [1.29, 1.82) is 0 Å². The predicted molar refractivity (Wildman–Crippen MR) is 127 cm³/mol. The van der Waals surface area contributed by atoms with E-state index >= 15 is 0 Å². The number of hydrogen-bond donors (Lipinski definition) is 1. The van der Waals surface area contributed by atoms with Gasteiger partial charge in [0.2, 0.25) is 0 Å². The Morgan fingerprint density at radius 1 is 1.13 bits per heavy atom. The number of nitrogens with zero attached hydrogens (tertiary/aromatic N) is 2. The fraction of sp³-hybridized carbons (Fsp3) is 0.409. The highest BCUT2D eigenvalue weighted by Crippen LogP contribution is 2.29. The molecule has 0 unspecified atom stereocenters. The van der Waals surface area contributed by atoms with E-state index in [1.165, 1.54) is 7.11 Å². The number of methoxy groups -OCH3 is 1. The van der Waals surface area contributed by atoms with Crippen LogP contribution in [0.5, 0.6) is 17.2 Å². The Balaban J connectivity index is 0.00000341. The zero-order valence-corrected chi connectivity index (χ0v) is 19.9. The molecule has 0 aromatic heterocycles. The van der Waals surface area contributed by atoms with E-state index in [0.29, 0.717) is 6.54 Å². The van der Waals surface area contributed by atoms with Gasteiger partial charge in [0.15, 0.2) is 17.5 Å². The van der Waals surface area contributed by atoms with Crippen molar-refractivity contribution in [2.45, 2.75) is 32.1 Å². The minimum Gasteiger partial charge on any atom is -0.493 e. The van der Waals surface area contributed by atoms with Gasteiger partial charge in [-0.05, 0) is 29.8 Å². The average molecular weight is 547 g/mol. The minimum absolute atomic E-state index is 0. The van der Waals surface area contributed by atoms with Crippen molar-refractivity contribution in [2.75, 3.05) is 27.2 Å². The summed E-state index contributed by atoms with van der Waals surface area (Å²) in [7, 11) is 3.15. The molecular formula is C22H28F2IN3O3. The first kappa shape index (κ1) is 25.0. The van der Waals surface area contributed by atoms with Gasteiger partial charge in [0.1, 0.15) is 11.9 Å². The van der Waals surface area contributed by atoms with E-state index in [9.17, 15) is 8.78 Å². The SMILES string of the molecule is CN=C(NCc1ccc(OC)c(OC(F)F)c1)N1CCC(Oc2ccccc2)CC1.I. The largest absolute Gasteiger partial charge is 0.493 e. The topological polar surface area (TPSA) is 55.3 Å². The third-order valence-electron chi connectivity index (χ3n) is 4.89. The summed E-state index contributed by atoms with van der Waals surface area (Å²) >= 11 is 0. The number of ether oxygens (including phenoxy) is 3. The molecule has 1 aliphatic heterocycles. The zero-order chi connectivity index (χ0) is 21.3. The summed E-state index contributed by atoms with van der Waals surface area (Å²) < 4.78 is 40.9. The van der Waals surface area contributed by atoms with Gasteiger partial charge in [-0.3, -0.25) is 4.99 Å². The fourth-order valence-electron chi connectivity index (χ4n) is 3.41. The number of hydrogen-bond acceptors (Lipinski definition) is 4. The van der Waals surface area contributed by atoms with Crippen LogP contribution >= 0.6 is 24.0 Å². The van der Waals surface area contributed by atoms with Gasteiger partial charge in [-0.1, -0.05) is 24.3 Å². The lowest BCUT2D eigenvalue weighted by Crippen LogP contribution is -2.47. The molecule has 0 amide bonds. The number of piperidine rings is 1. The van der Waals surface area contributed by atoms with E-state index < -0.39 is 6.61 Å². The molecule has 9 heteroatoms. The van der Waals surface area contributed by atoms with Gasteiger partial charge in [0.25, 0.3) is 0 Å². The van der Waals surface area contributed by atoms with Crippen molar-refractivity contribution in [2.24, 2.45) is 4.99 Å². The maximum absolute atomic E-state index is 12.6. The van der Waals surface area contributed by atoms with E-state index in [1.54, 1.807) is 25.2 Å². The minimum atomic E-state index is -2.91. The number of aliphatic imine (C=N–C) groups is 1. The molecule has 1 fully saturated rings. The lowest BCUT2D eigenvalue weighted by Gasteiger charge is -2.34. The van der Waals surface area contributed by atoms with E-state index in [-0.39, 0.29) is 41.6 Å². The summed E-state index contributed by atoms with van der Waals surface area (Å²) in [5, 5.41) is 3.29. The van der Waals surface area contributed by atoms with Gasteiger partial charge in [0, 0.05) is 39.5 Å². The molecule has 6 nitrogen and oxygen atoms in total. The number of guanidine groups is 1. The first-order valence-corrected chi connectivity index (χ1v) is 9.88. The lowest BCUT2D eigenvalue weighted by atomic mass is 10.1. The van der Waals surface area contributed by atoms with Crippen LogP contribution in [0.1, 0.15) is 18.4 Å². The Morgan fingerprint density at radius 2 is 1.84 bits per heavy atom. The molecule has 0 aliphatic carbocycles. The van der Waals surface area contributed by atoms with Gasteiger partial charge in [-0.2, -0.15) is 8.78 Å². The molecular weight excluding hydrogens is 519 g/mol. The van der Waals surface area contributed by atoms with Gasteiger partial charge in [0.05, 0.1) is 7.11 Å². The van der Waals surface area contributed by atoms with E-state index in [2.05, 4.69) is 19.9 Å². The van der Waals surface area contributed by atoms with Crippen LogP contribution in [0.2, 0.25) is 0 Å². The predicted octanol–water partition coefficient (Wildman–Crippen LogP) is 4.53. The second-order valence-corrected chi connectivity index (χ2v) is 6.88. The first-order valence-electron chi connectivity index (χ1n) is 9.88. The third kappa shape index (κ3) is 7.41. The second kappa shape index (κ2) is 12.5. The number of rotatable bonds is 7. The standard InChI is InChI=1S/C22H27F2N3O3.HI/c1-25-22(26-15-16-8-9-19(28-2)20(14-16)30-21(23)24)27-12-10-18(11-13-27)29-17-6-4-3-5-7-17;/h3-9,14,18,21H,10-13,15H2,1-2H3,(H,25,26);1H. The number of halogens is 3. The van der Waals surface area contributed by atoms with Gasteiger partial charge in [-0.25, -0.2) is 0 Å². The van der Waals surface area contributed by atoms with Gasteiger partial charge in [-0.15, -0.1) is 24.0 Å². The van der Waals surface area contributed by atoms with E-state index in [0.717, 1.165) is 43.2 Å². The molecule has 0 bridgehead atoms. The molecule has 3 rings (SSSR count). The molecule has 170 valence electrons. The van der Waals surface area contributed by atoms with Crippen LogP contribution in [-0.4, -0.2) is 50.8 Å². The third-order valence-corrected chi connectivity index (χ3v) is 4.89. The van der Waals surface area contributed by atoms with Crippen molar-refractivity contribution in [3.8, 4) is 17.2 Å². The Labute approximate surface area is 198 Å². The summed E-state index contributed by atoms with van der Waals surface area (Å²) in [5.74, 6) is 1.93. The highest BCUT2D eigenvalue weighted by Gasteiger charge is 2.22. The van der Waals surface area contributed by atoms with Crippen LogP contribution < -0.4 is 19.5 Å². The quantitative estimate of drug-likeness (QED) is 0.314. The molecule has 0 radical (unpaired) electrons. The van der Waals surface area contributed by atoms with Gasteiger partial charge < -0.3 is 24.4 Å². The molecule has 0 atom stereocenters. The molecule has 0 saturated carbocycles. The lowest BCUT2D eigenvalue weighted by molar-refractivity contribution is -0.0512. The molecule has 1 aliphatic rings. The van der Waals surface area contributed by atoms with Crippen molar-refractivity contribution in [3.63, 3.8) is 0 Å². The number of benzene rings is 2. The fourth-order valence-corrected chi connectivity index (χ4v) is 3.41. The maximum Gasteiger partial charge on any atom is 0.387 e. The number of alkyl halides is 2. The molecule has 1 heterocycles. The van der Waals surface area contributed by atoms with Crippen LogP contribution in [0.25, 0.3) is 0 Å². The molecule has 2 aromatic carbocycles. The van der Waals surface area contributed by atoms with Crippen LogP contribution in [0.15, 0.2) is 53.5 Å². The second-order valence-electron chi connectivity index (χ2n) is 6.88. The molecule has 1 N–H and O–H groups in total. The normalized spacial score (nSPS) is 14.7. The number of para-hydroxylation sites is 1. The summed E-state index contributed by atoms with van der Waals surface area (Å²) in [6.07, 6.45) is 1.96. The Hall–Kier alpha value is -2.30. The summed E-state index contributed by atoms with van der Waals surface area (Å²) in [4.78, 5) is 6.53. The van der Waals surface area contributed by atoms with Crippen molar-refractivity contribution in [1.82, 2.24) is 10.2 Å². The van der Waals surface area contributed by atoms with Crippen LogP contribution in [0.4, 0.5) is 8.78 Å². The molecule has 0 spiro atoms. The maximum atomic E-state index is 12.6. The van der Waals surface area contributed by atoms with Crippen molar-refractivity contribution in [3.05, 3.63) is 54.1 Å². The smallest absolute Gasteiger partial charge is 0.387 e. The van der Waals surface area contributed by atoms with Crippen LogP contribution in [0.3, 0.4) is 0 Å². The number of likely N-dealkylation sites (tertiary alicyclic amines) is 1. The monoisotopic (exact) mass is 547 g/mol. The highest BCUT2D eigenvalue weighted by atomic mass is 127. The van der Waals surface area contributed by atoms with Crippen LogP contribution in [-0.2, 0) is 6.54 Å². The first-order chi connectivity index (χ1) is 14.6. The van der Waals surface area contributed by atoms with Crippen molar-refractivity contribution < 1.29 is 23.0 Å². The molecule has 1 saturated heterocycles. The van der Waals surface area contributed by atoms with E-state index in [1.807, 2.05) is 30.3 Å². The number of nitrogens with one attached hydrogen (secondary N) is 1. The Bertz CT molecular complexity index is 832. The zero-order valence-electron chi connectivity index (χ0n) is 17.6. The Morgan fingerprint density at radius 3 is 2.45 bits per heavy atom. The van der Waals surface area contributed by atoms with Gasteiger partial charge >= 0.3 is 6.61 Å². The summed E-state index contributed by atoms with van der Waals surface area (Å²) in [5.41, 5.74) is 0.787. The summed E-state index contributed by atoms with van der Waals surface area (Å²) in [6, 6.07) is 14.8. The summed E-state index contributed by atoms with van der Waals surface area (Å²) in [6.45, 7) is -0.843. The molecule has 31 heavy (non-hydrogen) atoms. The van der Waals surface area contributed by atoms with E-state index in [4.69, 9.17) is 9.47 Å². The highest BCUT2D eigenvalue weighted by molar-refractivity contribution is 14.0. The van der Waals surface area contributed by atoms with Crippen molar-refractivity contribution >= 4 is 29.9 Å². The van der Waals surface area contributed by atoms with Crippen LogP contribution in [0, 0.1) is 0 Å². The molecule has 2 aromatic rings. The Kier molecular flexibility index (Phi) is 10.1.